The first kappa shape index (κ1) is 16.0. The summed E-state index contributed by atoms with van der Waals surface area (Å²) in [6.45, 7) is 6.50. The van der Waals surface area contributed by atoms with Crippen LogP contribution in [-0.4, -0.2) is 24.2 Å². The molecule has 1 aromatic rings. The van der Waals surface area contributed by atoms with Crippen LogP contribution in [-0.2, 0) is 0 Å². The lowest BCUT2D eigenvalue weighted by Gasteiger charge is -2.18. The topological polar surface area (TPSA) is 47.3 Å². The van der Waals surface area contributed by atoms with Crippen molar-refractivity contribution in [3.05, 3.63) is 17.9 Å². The van der Waals surface area contributed by atoms with Crippen LogP contribution in [0.1, 0.15) is 27.2 Å². The summed E-state index contributed by atoms with van der Waals surface area (Å²) >= 11 is 1.91. The highest BCUT2D eigenvalue weighted by Gasteiger charge is 2.11. The van der Waals surface area contributed by atoms with Crippen LogP contribution in [0.15, 0.2) is 12.1 Å². The van der Waals surface area contributed by atoms with Crippen molar-refractivity contribution in [2.24, 2.45) is 0 Å². The van der Waals surface area contributed by atoms with Gasteiger partial charge in [-0.2, -0.15) is 11.8 Å². The average molecular weight is 286 g/mol. The Labute approximate surface area is 119 Å². The molecule has 0 fully saturated rings. The number of halogens is 1. The quantitative estimate of drug-likeness (QED) is 0.564. The van der Waals surface area contributed by atoms with E-state index in [2.05, 4.69) is 19.2 Å². The predicted octanol–water partition coefficient (Wildman–Crippen LogP) is 3.75. The molecule has 0 radical (unpaired) electrons. The van der Waals surface area contributed by atoms with Gasteiger partial charge >= 0.3 is 0 Å². The van der Waals surface area contributed by atoms with Gasteiger partial charge in [-0.3, -0.25) is 0 Å². The summed E-state index contributed by atoms with van der Waals surface area (Å²) in [6.07, 6.45) is 1.04. The van der Waals surface area contributed by atoms with E-state index in [0.29, 0.717) is 18.3 Å². The highest BCUT2D eigenvalue weighted by Crippen LogP contribution is 2.29. The molecule has 5 heteroatoms. The van der Waals surface area contributed by atoms with Crippen molar-refractivity contribution in [3.63, 3.8) is 0 Å². The molecule has 0 aromatic heterocycles. The second-order valence-corrected chi connectivity index (χ2v) is 5.73. The first-order valence-electron chi connectivity index (χ1n) is 6.64. The van der Waals surface area contributed by atoms with Crippen molar-refractivity contribution in [1.29, 1.82) is 0 Å². The van der Waals surface area contributed by atoms with Gasteiger partial charge < -0.3 is 15.8 Å². The maximum Gasteiger partial charge on any atom is 0.167 e. The SMILES string of the molecule is CCOc1cc(NC(C)CCSCC)c(N)cc1F. The number of ether oxygens (including phenoxy) is 1. The van der Waals surface area contributed by atoms with Gasteiger partial charge in [0.25, 0.3) is 0 Å². The third-order valence-corrected chi connectivity index (χ3v) is 3.64. The van der Waals surface area contributed by atoms with Crippen LogP contribution in [0, 0.1) is 5.82 Å². The predicted molar refractivity (Wildman–Crippen MR) is 82.7 cm³/mol. The first-order chi connectivity index (χ1) is 9.08. The molecule has 0 bridgehead atoms. The molecule has 0 saturated heterocycles. The molecular weight excluding hydrogens is 263 g/mol. The molecule has 1 aromatic carbocycles. The molecule has 0 saturated carbocycles. The highest BCUT2D eigenvalue weighted by atomic mass is 32.2. The van der Waals surface area contributed by atoms with Gasteiger partial charge in [0, 0.05) is 18.2 Å². The van der Waals surface area contributed by atoms with Gasteiger partial charge in [0.1, 0.15) is 0 Å². The van der Waals surface area contributed by atoms with Crippen LogP contribution < -0.4 is 15.8 Å². The fraction of sp³-hybridized carbons (Fsp3) is 0.571. The molecule has 0 aliphatic carbocycles. The number of nitrogens with two attached hydrogens (primary N) is 1. The van der Waals surface area contributed by atoms with E-state index in [1.54, 1.807) is 6.07 Å². The number of nitrogen functional groups attached to an aromatic ring is 1. The molecule has 1 unspecified atom stereocenters. The van der Waals surface area contributed by atoms with Crippen LogP contribution in [0.25, 0.3) is 0 Å². The van der Waals surface area contributed by atoms with Gasteiger partial charge in [-0.15, -0.1) is 0 Å². The van der Waals surface area contributed by atoms with Gasteiger partial charge in [0.2, 0.25) is 0 Å². The van der Waals surface area contributed by atoms with Crippen molar-refractivity contribution in [2.75, 3.05) is 29.2 Å². The summed E-state index contributed by atoms with van der Waals surface area (Å²) in [4.78, 5) is 0. The van der Waals surface area contributed by atoms with Crippen molar-refractivity contribution < 1.29 is 9.13 Å². The summed E-state index contributed by atoms with van der Waals surface area (Å²) < 4.78 is 18.8. The second-order valence-electron chi connectivity index (χ2n) is 4.33. The average Bonchev–Trinajstić information content (AvgIpc) is 2.35. The number of hydrogen-bond donors (Lipinski definition) is 2. The fourth-order valence-corrected chi connectivity index (χ4v) is 2.51. The van der Waals surface area contributed by atoms with Crippen LogP contribution in [0.4, 0.5) is 15.8 Å². The van der Waals surface area contributed by atoms with E-state index in [9.17, 15) is 4.39 Å². The molecule has 0 aliphatic rings. The Hall–Kier alpha value is -1.10. The molecule has 19 heavy (non-hydrogen) atoms. The Balaban J connectivity index is 2.68. The molecule has 3 nitrogen and oxygen atoms in total. The summed E-state index contributed by atoms with van der Waals surface area (Å²) in [6, 6.07) is 3.24. The molecule has 0 aliphatic heterocycles. The number of thioether (sulfide) groups is 1. The Morgan fingerprint density at radius 1 is 1.42 bits per heavy atom. The van der Waals surface area contributed by atoms with Crippen LogP contribution in [0.2, 0.25) is 0 Å². The minimum atomic E-state index is -0.418. The lowest BCUT2D eigenvalue weighted by molar-refractivity contribution is 0.322. The lowest BCUT2D eigenvalue weighted by atomic mass is 10.2. The minimum Gasteiger partial charge on any atom is -0.491 e. The Bertz CT molecular complexity index is 401. The van der Waals surface area contributed by atoms with Gasteiger partial charge in [-0.05, 0) is 31.8 Å². The fourth-order valence-electron chi connectivity index (χ4n) is 1.70. The summed E-state index contributed by atoms with van der Waals surface area (Å²) in [7, 11) is 0. The Morgan fingerprint density at radius 2 is 2.16 bits per heavy atom. The number of anilines is 2. The monoisotopic (exact) mass is 286 g/mol. The molecule has 1 atom stereocenters. The lowest BCUT2D eigenvalue weighted by Crippen LogP contribution is -2.17. The van der Waals surface area contributed by atoms with Gasteiger partial charge in [-0.1, -0.05) is 6.92 Å². The maximum atomic E-state index is 13.6. The van der Waals surface area contributed by atoms with Crippen molar-refractivity contribution >= 4 is 23.1 Å². The van der Waals surface area contributed by atoms with Crippen molar-refractivity contribution in [2.45, 2.75) is 33.2 Å². The summed E-state index contributed by atoms with van der Waals surface area (Å²) in [5.41, 5.74) is 6.97. The molecule has 1 rings (SSSR count). The largest absolute Gasteiger partial charge is 0.491 e. The standard InChI is InChI=1S/C14H23FN2OS/c1-4-18-14-9-13(12(16)8-11(14)15)17-10(3)6-7-19-5-2/h8-10,17H,4-7,16H2,1-3H3. The molecule has 3 N–H and O–H groups in total. The molecule has 108 valence electrons. The summed E-state index contributed by atoms with van der Waals surface area (Å²) in [5.74, 6) is 2.05. The molecule has 0 amide bonds. The zero-order valence-electron chi connectivity index (χ0n) is 11.8. The molecular formula is C14H23FN2OS. The zero-order chi connectivity index (χ0) is 14.3. The van der Waals surface area contributed by atoms with Crippen LogP contribution >= 0.6 is 11.8 Å². The van der Waals surface area contributed by atoms with E-state index in [1.807, 2.05) is 18.7 Å². The zero-order valence-corrected chi connectivity index (χ0v) is 12.6. The van der Waals surface area contributed by atoms with Gasteiger partial charge in [0.05, 0.1) is 18.0 Å². The third-order valence-electron chi connectivity index (χ3n) is 2.71. The number of hydrogen-bond acceptors (Lipinski definition) is 4. The van der Waals surface area contributed by atoms with E-state index in [-0.39, 0.29) is 5.75 Å². The minimum absolute atomic E-state index is 0.245. The van der Waals surface area contributed by atoms with E-state index < -0.39 is 5.82 Å². The maximum absolute atomic E-state index is 13.6. The number of rotatable bonds is 8. The third kappa shape index (κ3) is 5.19. The van der Waals surface area contributed by atoms with E-state index in [0.717, 1.165) is 23.6 Å². The van der Waals surface area contributed by atoms with Crippen molar-refractivity contribution in [1.82, 2.24) is 0 Å². The van der Waals surface area contributed by atoms with E-state index >= 15 is 0 Å². The van der Waals surface area contributed by atoms with Crippen LogP contribution in [0.5, 0.6) is 5.75 Å². The smallest absolute Gasteiger partial charge is 0.167 e. The van der Waals surface area contributed by atoms with E-state index in [1.165, 1.54) is 6.07 Å². The number of nitrogens with one attached hydrogen (secondary N) is 1. The summed E-state index contributed by atoms with van der Waals surface area (Å²) in [5, 5.41) is 3.31. The molecule has 0 spiro atoms. The highest BCUT2D eigenvalue weighted by molar-refractivity contribution is 7.99. The Morgan fingerprint density at radius 3 is 2.79 bits per heavy atom. The van der Waals surface area contributed by atoms with Gasteiger partial charge in [-0.25, -0.2) is 4.39 Å². The van der Waals surface area contributed by atoms with Crippen molar-refractivity contribution in [3.8, 4) is 5.75 Å². The molecule has 0 heterocycles. The normalized spacial score (nSPS) is 12.2. The van der Waals surface area contributed by atoms with E-state index in [4.69, 9.17) is 10.5 Å². The van der Waals surface area contributed by atoms with Crippen LogP contribution in [0.3, 0.4) is 0 Å². The number of benzene rings is 1. The second kappa shape index (κ2) is 8.15. The first-order valence-corrected chi connectivity index (χ1v) is 7.80. The van der Waals surface area contributed by atoms with Gasteiger partial charge in [0.15, 0.2) is 11.6 Å². The Kier molecular flexibility index (Phi) is 6.84.